The third-order valence-corrected chi connectivity index (χ3v) is 5.93. The van der Waals surface area contributed by atoms with E-state index in [2.05, 4.69) is 20.5 Å². The first kappa shape index (κ1) is 20.8. The number of thioether (sulfide) groups is 1. The van der Waals surface area contributed by atoms with Gasteiger partial charge in [-0.25, -0.2) is 4.79 Å². The number of benzene rings is 1. The molecule has 0 radical (unpaired) electrons. The molecule has 1 aromatic carbocycles. The van der Waals surface area contributed by atoms with Gasteiger partial charge >= 0.3 is 5.97 Å². The number of tetrazole rings is 1. The third kappa shape index (κ3) is 3.95. The SMILES string of the molecule is COC(=O)c1c(C)[nH]c(C(=O)[C@H](C)Sc2nnnn2-c2ccc(C)c(C)c2)c1C. The molecule has 0 fully saturated rings. The summed E-state index contributed by atoms with van der Waals surface area (Å²) in [6.07, 6.45) is 0. The van der Waals surface area contributed by atoms with Crippen molar-refractivity contribution in [3.8, 4) is 5.69 Å². The molecule has 0 amide bonds. The highest BCUT2D eigenvalue weighted by atomic mass is 32.2. The minimum Gasteiger partial charge on any atom is -0.465 e. The van der Waals surface area contributed by atoms with E-state index in [4.69, 9.17) is 4.74 Å². The maximum absolute atomic E-state index is 13.0. The van der Waals surface area contributed by atoms with Gasteiger partial charge < -0.3 is 9.72 Å². The van der Waals surface area contributed by atoms with E-state index in [0.717, 1.165) is 11.3 Å². The number of nitrogens with zero attached hydrogens (tertiary/aromatic N) is 4. The summed E-state index contributed by atoms with van der Waals surface area (Å²) in [7, 11) is 1.32. The van der Waals surface area contributed by atoms with Gasteiger partial charge in [0.25, 0.3) is 0 Å². The Morgan fingerprint density at radius 1 is 1.17 bits per heavy atom. The van der Waals surface area contributed by atoms with Gasteiger partial charge in [0.1, 0.15) is 0 Å². The number of H-pyrrole nitrogens is 1. The first-order valence-corrected chi connectivity index (χ1v) is 9.96. The maximum Gasteiger partial charge on any atom is 0.339 e. The van der Waals surface area contributed by atoms with E-state index in [0.29, 0.717) is 27.7 Å². The summed E-state index contributed by atoms with van der Waals surface area (Å²) in [5, 5.41) is 12.0. The zero-order chi connectivity index (χ0) is 21.3. The smallest absolute Gasteiger partial charge is 0.339 e. The van der Waals surface area contributed by atoms with Crippen LogP contribution in [0.25, 0.3) is 5.69 Å². The van der Waals surface area contributed by atoms with Gasteiger partial charge in [0.2, 0.25) is 5.16 Å². The molecule has 8 nitrogen and oxygen atoms in total. The Morgan fingerprint density at radius 3 is 2.55 bits per heavy atom. The Labute approximate surface area is 173 Å². The number of ether oxygens (including phenoxy) is 1. The van der Waals surface area contributed by atoms with E-state index < -0.39 is 11.2 Å². The van der Waals surface area contributed by atoms with Crippen LogP contribution in [0.1, 0.15) is 50.2 Å². The molecule has 0 bridgehead atoms. The fraction of sp³-hybridized carbons (Fsp3) is 0.350. The molecule has 1 atom stereocenters. The normalized spacial score (nSPS) is 12.1. The van der Waals surface area contributed by atoms with Gasteiger partial charge in [-0.3, -0.25) is 4.79 Å². The second-order valence-corrected chi connectivity index (χ2v) is 8.19. The number of carbonyl (C=O) groups is 2. The van der Waals surface area contributed by atoms with Crippen LogP contribution in [0.3, 0.4) is 0 Å². The van der Waals surface area contributed by atoms with Crippen LogP contribution in [0.15, 0.2) is 23.4 Å². The summed E-state index contributed by atoms with van der Waals surface area (Å²) < 4.78 is 6.43. The molecular formula is C20H23N5O3S. The number of rotatable bonds is 6. The molecule has 3 rings (SSSR count). The van der Waals surface area contributed by atoms with Crippen molar-refractivity contribution < 1.29 is 14.3 Å². The van der Waals surface area contributed by atoms with Crippen molar-refractivity contribution in [2.24, 2.45) is 0 Å². The number of hydrogen-bond donors (Lipinski definition) is 1. The number of ketones is 1. The standard InChI is InChI=1S/C20H23N5O3S/c1-10-7-8-15(9-11(10)2)25-20(22-23-24-25)29-14(5)18(26)17-12(3)16(13(4)21-17)19(27)28-6/h7-9,14,21H,1-6H3/t14-/m0/s1. The second-order valence-electron chi connectivity index (χ2n) is 6.88. The van der Waals surface area contributed by atoms with E-state index >= 15 is 0 Å². The monoisotopic (exact) mass is 413 g/mol. The number of Topliss-reactive ketones (excluding diaryl/α,β-unsaturated/α-hetero) is 1. The predicted molar refractivity (Wildman–Crippen MR) is 110 cm³/mol. The molecule has 0 saturated heterocycles. The summed E-state index contributed by atoms with van der Waals surface area (Å²) in [6.45, 7) is 9.34. The maximum atomic E-state index is 13.0. The van der Waals surface area contributed by atoms with Gasteiger partial charge in [0.15, 0.2) is 5.78 Å². The highest BCUT2D eigenvalue weighted by Gasteiger charge is 2.27. The quantitative estimate of drug-likeness (QED) is 0.375. The van der Waals surface area contributed by atoms with Crippen molar-refractivity contribution in [2.75, 3.05) is 7.11 Å². The summed E-state index contributed by atoms with van der Waals surface area (Å²) >= 11 is 1.26. The molecule has 9 heteroatoms. The number of methoxy groups -OCH3 is 1. The molecule has 0 spiro atoms. The Hall–Kier alpha value is -2.94. The molecule has 1 N–H and O–H groups in total. The number of hydrogen-bond acceptors (Lipinski definition) is 7. The number of aryl methyl sites for hydroxylation is 3. The van der Waals surface area contributed by atoms with Crippen molar-refractivity contribution in [3.63, 3.8) is 0 Å². The van der Waals surface area contributed by atoms with Crippen LogP contribution in [0.2, 0.25) is 0 Å². The van der Waals surface area contributed by atoms with Crippen LogP contribution in [-0.4, -0.2) is 49.3 Å². The third-order valence-electron chi connectivity index (χ3n) is 4.90. The van der Waals surface area contributed by atoms with Crippen molar-refractivity contribution in [2.45, 2.75) is 45.0 Å². The number of esters is 1. The van der Waals surface area contributed by atoms with Crippen molar-refractivity contribution in [3.05, 3.63) is 51.8 Å². The highest BCUT2D eigenvalue weighted by Crippen LogP contribution is 2.28. The number of nitrogens with one attached hydrogen (secondary N) is 1. The molecule has 2 heterocycles. The summed E-state index contributed by atoms with van der Waals surface area (Å²) in [6, 6.07) is 5.95. The molecule has 3 aromatic rings. The van der Waals surface area contributed by atoms with Crippen molar-refractivity contribution in [1.82, 2.24) is 25.2 Å². The minimum atomic E-state index is -0.464. The van der Waals surface area contributed by atoms with E-state index in [1.54, 1.807) is 25.5 Å². The molecule has 0 saturated carbocycles. The number of carbonyl (C=O) groups excluding carboxylic acids is 2. The summed E-state index contributed by atoms with van der Waals surface area (Å²) in [4.78, 5) is 28.0. The molecule has 0 aliphatic rings. The molecule has 152 valence electrons. The van der Waals surface area contributed by atoms with Gasteiger partial charge in [-0.2, -0.15) is 4.68 Å². The molecule has 0 aliphatic carbocycles. The lowest BCUT2D eigenvalue weighted by atomic mass is 10.1. The molecule has 29 heavy (non-hydrogen) atoms. The predicted octanol–water partition coefficient (Wildman–Crippen LogP) is 3.37. The van der Waals surface area contributed by atoms with E-state index in [1.807, 2.05) is 32.0 Å². The van der Waals surface area contributed by atoms with Gasteiger partial charge in [-0.1, -0.05) is 17.8 Å². The lowest BCUT2D eigenvalue weighted by molar-refractivity contribution is 0.0599. The zero-order valence-corrected chi connectivity index (χ0v) is 18.0. The van der Waals surface area contributed by atoms with Gasteiger partial charge in [-0.15, -0.1) is 5.10 Å². The summed E-state index contributed by atoms with van der Waals surface area (Å²) in [5.74, 6) is -0.602. The Balaban J connectivity index is 1.86. The summed E-state index contributed by atoms with van der Waals surface area (Å²) in [5.41, 5.74) is 5.13. The van der Waals surface area contributed by atoms with Gasteiger partial charge in [0.05, 0.1) is 29.3 Å². The fourth-order valence-electron chi connectivity index (χ4n) is 3.09. The van der Waals surface area contributed by atoms with Gasteiger partial charge in [0, 0.05) is 5.69 Å². The van der Waals surface area contributed by atoms with Crippen molar-refractivity contribution >= 4 is 23.5 Å². The minimum absolute atomic E-state index is 0.139. The van der Waals surface area contributed by atoms with E-state index in [-0.39, 0.29) is 5.78 Å². The van der Waals surface area contributed by atoms with Crippen LogP contribution in [-0.2, 0) is 4.74 Å². The van der Waals surface area contributed by atoms with Crippen LogP contribution in [0.5, 0.6) is 0 Å². The lowest BCUT2D eigenvalue weighted by Crippen LogP contribution is -2.16. The second kappa shape index (κ2) is 8.20. The van der Waals surface area contributed by atoms with Crippen LogP contribution >= 0.6 is 11.8 Å². The lowest BCUT2D eigenvalue weighted by Gasteiger charge is -2.11. The van der Waals surface area contributed by atoms with E-state index in [1.165, 1.54) is 24.4 Å². The Kier molecular flexibility index (Phi) is 5.88. The van der Waals surface area contributed by atoms with Crippen LogP contribution in [0, 0.1) is 27.7 Å². The highest BCUT2D eigenvalue weighted by molar-refractivity contribution is 8.00. The number of aromatic nitrogens is 5. The van der Waals surface area contributed by atoms with Crippen LogP contribution < -0.4 is 0 Å². The molecular weight excluding hydrogens is 390 g/mol. The number of aromatic amines is 1. The molecule has 0 aliphatic heterocycles. The Morgan fingerprint density at radius 2 is 1.90 bits per heavy atom. The van der Waals surface area contributed by atoms with Crippen molar-refractivity contribution in [1.29, 1.82) is 0 Å². The Bertz CT molecular complexity index is 1090. The molecule has 0 unspecified atom stereocenters. The average molecular weight is 414 g/mol. The first-order valence-electron chi connectivity index (χ1n) is 9.09. The van der Waals surface area contributed by atoms with E-state index in [9.17, 15) is 9.59 Å². The topological polar surface area (TPSA) is 103 Å². The zero-order valence-electron chi connectivity index (χ0n) is 17.2. The van der Waals surface area contributed by atoms with Crippen LogP contribution in [0.4, 0.5) is 0 Å². The van der Waals surface area contributed by atoms with Gasteiger partial charge in [-0.05, 0) is 73.9 Å². The largest absolute Gasteiger partial charge is 0.465 e. The fourth-order valence-corrected chi connectivity index (χ4v) is 3.96. The average Bonchev–Trinajstić information content (AvgIpc) is 3.26. The molecule has 2 aromatic heterocycles. The first-order chi connectivity index (χ1) is 13.7.